The second kappa shape index (κ2) is 7.93. The van der Waals surface area contributed by atoms with Gasteiger partial charge in [0.05, 0.1) is 5.02 Å². The van der Waals surface area contributed by atoms with Crippen molar-refractivity contribution in [3.05, 3.63) is 63.3 Å². The van der Waals surface area contributed by atoms with Gasteiger partial charge in [-0.05, 0) is 50.0 Å². The molecule has 0 aliphatic heterocycles. The maximum absolute atomic E-state index is 13.4. The van der Waals surface area contributed by atoms with Gasteiger partial charge < -0.3 is 4.90 Å². The number of likely N-dealkylation sites (N-methyl/N-ethyl adjacent to an activating group) is 1. The third-order valence-electron chi connectivity index (χ3n) is 3.51. The molecule has 0 fully saturated rings. The summed E-state index contributed by atoms with van der Waals surface area (Å²) in [4.78, 5) is 1.82. The topological polar surface area (TPSA) is 49.4 Å². The molecule has 0 saturated carbocycles. The fourth-order valence-corrected chi connectivity index (χ4v) is 4.35. The molecule has 8 heteroatoms. The second-order valence-corrected chi connectivity index (χ2v) is 8.52. The Morgan fingerprint density at radius 1 is 1.25 bits per heavy atom. The Kier molecular flexibility index (Phi) is 6.39. The van der Waals surface area contributed by atoms with Crippen molar-refractivity contribution in [2.24, 2.45) is 0 Å². The number of nitrogens with one attached hydrogen (secondary N) is 1. The first-order chi connectivity index (χ1) is 11.2. The predicted octanol–water partition coefficient (Wildman–Crippen LogP) is 3.82. The van der Waals surface area contributed by atoms with Gasteiger partial charge in [0.25, 0.3) is 0 Å². The van der Waals surface area contributed by atoms with Gasteiger partial charge in [0, 0.05) is 17.1 Å². The summed E-state index contributed by atoms with van der Waals surface area (Å²) in [5.41, 5.74) is 0.685. The van der Waals surface area contributed by atoms with E-state index in [2.05, 4.69) is 20.7 Å². The molecule has 1 atom stereocenters. The Morgan fingerprint density at radius 2 is 1.96 bits per heavy atom. The van der Waals surface area contributed by atoms with Crippen molar-refractivity contribution >= 4 is 37.6 Å². The van der Waals surface area contributed by atoms with Gasteiger partial charge >= 0.3 is 0 Å². The van der Waals surface area contributed by atoms with Crippen LogP contribution in [0.4, 0.5) is 4.39 Å². The smallest absolute Gasteiger partial charge is 0.242 e. The zero-order chi connectivity index (χ0) is 17.9. The summed E-state index contributed by atoms with van der Waals surface area (Å²) < 4.78 is 41.6. The van der Waals surface area contributed by atoms with Crippen LogP contribution in [0.1, 0.15) is 11.6 Å². The molecule has 2 aromatic carbocycles. The lowest BCUT2D eigenvalue weighted by Gasteiger charge is -2.25. The first kappa shape index (κ1) is 19.3. The highest BCUT2D eigenvalue weighted by molar-refractivity contribution is 9.10. The Morgan fingerprint density at radius 3 is 2.54 bits per heavy atom. The minimum atomic E-state index is -3.78. The number of rotatable bonds is 6. The molecule has 0 heterocycles. The Hall–Kier alpha value is -0.990. The third kappa shape index (κ3) is 4.77. The summed E-state index contributed by atoms with van der Waals surface area (Å²) in [7, 11) is -0.173. The summed E-state index contributed by atoms with van der Waals surface area (Å²) >= 11 is 9.26. The largest absolute Gasteiger partial charge is 0.301 e. The number of nitrogens with zero attached hydrogens (tertiary/aromatic N) is 1. The Labute approximate surface area is 154 Å². The van der Waals surface area contributed by atoms with Crippen LogP contribution in [0.25, 0.3) is 0 Å². The molecule has 4 nitrogen and oxygen atoms in total. The number of benzene rings is 2. The van der Waals surface area contributed by atoms with Gasteiger partial charge in [-0.2, -0.15) is 0 Å². The molecule has 0 spiro atoms. The van der Waals surface area contributed by atoms with E-state index in [1.54, 1.807) is 32.3 Å². The molecule has 24 heavy (non-hydrogen) atoms. The highest BCUT2D eigenvalue weighted by atomic mass is 79.9. The Bertz CT molecular complexity index is 831. The van der Waals surface area contributed by atoms with E-state index < -0.39 is 10.0 Å². The quantitative estimate of drug-likeness (QED) is 0.750. The fraction of sp³-hybridized carbons (Fsp3) is 0.250. The van der Waals surface area contributed by atoms with Crippen molar-refractivity contribution in [1.82, 2.24) is 9.62 Å². The number of halogens is 3. The van der Waals surface area contributed by atoms with Crippen molar-refractivity contribution in [2.45, 2.75) is 10.9 Å². The number of hydrogen-bond acceptors (Lipinski definition) is 3. The minimum Gasteiger partial charge on any atom is -0.301 e. The molecule has 2 aromatic rings. The zero-order valence-electron chi connectivity index (χ0n) is 13.1. The molecular formula is C16H17BrClFN2O2S. The molecule has 1 N–H and O–H groups in total. The van der Waals surface area contributed by atoms with Crippen molar-refractivity contribution in [3.8, 4) is 0 Å². The van der Waals surface area contributed by atoms with Crippen LogP contribution in [-0.2, 0) is 10.0 Å². The predicted molar refractivity (Wildman–Crippen MR) is 97.2 cm³/mol. The van der Waals surface area contributed by atoms with Gasteiger partial charge in [0.2, 0.25) is 10.0 Å². The monoisotopic (exact) mass is 434 g/mol. The summed E-state index contributed by atoms with van der Waals surface area (Å²) in [6, 6.07) is 10.3. The van der Waals surface area contributed by atoms with Gasteiger partial charge in [0.1, 0.15) is 10.7 Å². The lowest BCUT2D eigenvalue weighted by molar-refractivity contribution is 0.299. The summed E-state index contributed by atoms with van der Waals surface area (Å²) in [6.45, 7) is 0.0885. The maximum atomic E-state index is 13.4. The summed E-state index contributed by atoms with van der Waals surface area (Å²) in [6.07, 6.45) is 0. The van der Waals surface area contributed by atoms with Crippen molar-refractivity contribution in [1.29, 1.82) is 0 Å². The maximum Gasteiger partial charge on any atom is 0.242 e. The van der Waals surface area contributed by atoms with Crippen LogP contribution in [0.3, 0.4) is 0 Å². The van der Waals surface area contributed by atoms with Crippen LogP contribution in [0.2, 0.25) is 5.02 Å². The van der Waals surface area contributed by atoms with Crippen LogP contribution in [-0.4, -0.2) is 34.0 Å². The van der Waals surface area contributed by atoms with Crippen molar-refractivity contribution in [3.63, 3.8) is 0 Å². The highest BCUT2D eigenvalue weighted by Crippen LogP contribution is 2.26. The molecule has 0 bridgehead atoms. The van der Waals surface area contributed by atoms with Crippen LogP contribution in [0.5, 0.6) is 0 Å². The molecular weight excluding hydrogens is 419 g/mol. The second-order valence-electron chi connectivity index (χ2n) is 5.46. The molecule has 0 aromatic heterocycles. The van der Waals surface area contributed by atoms with Gasteiger partial charge in [-0.15, -0.1) is 0 Å². The van der Waals surface area contributed by atoms with E-state index in [0.717, 1.165) is 0 Å². The average molecular weight is 436 g/mol. The van der Waals surface area contributed by atoms with E-state index in [0.29, 0.717) is 10.0 Å². The van der Waals surface area contributed by atoms with Crippen LogP contribution < -0.4 is 4.72 Å². The van der Waals surface area contributed by atoms with Crippen molar-refractivity contribution < 1.29 is 12.8 Å². The summed E-state index contributed by atoms with van der Waals surface area (Å²) in [5.74, 6) is -0.363. The van der Waals surface area contributed by atoms with E-state index in [-0.39, 0.29) is 28.3 Å². The lowest BCUT2D eigenvalue weighted by Crippen LogP contribution is -2.34. The van der Waals surface area contributed by atoms with E-state index in [9.17, 15) is 12.8 Å². The molecule has 0 aliphatic carbocycles. The minimum absolute atomic E-state index is 0.00381. The summed E-state index contributed by atoms with van der Waals surface area (Å²) in [5, 5.41) is 0.129. The van der Waals surface area contributed by atoms with Crippen LogP contribution >= 0.6 is 27.5 Å². The molecule has 130 valence electrons. The van der Waals surface area contributed by atoms with Gasteiger partial charge in [-0.3, -0.25) is 0 Å². The lowest BCUT2D eigenvalue weighted by atomic mass is 10.1. The molecule has 2 rings (SSSR count). The first-order valence-corrected chi connectivity index (χ1v) is 9.73. The molecule has 0 aliphatic rings. The van der Waals surface area contributed by atoms with Crippen LogP contribution in [0, 0.1) is 5.82 Å². The normalized spacial score (nSPS) is 13.2. The van der Waals surface area contributed by atoms with E-state index in [1.165, 1.54) is 24.3 Å². The molecule has 1 unspecified atom stereocenters. The number of hydrogen-bond donors (Lipinski definition) is 1. The standard InChI is InChI=1S/C16H17BrClFN2O2S/c1-21(2)15(11-4-3-5-13(19)8-11)10-20-24(22,23)16-7-6-12(17)9-14(16)18/h3-9,15,20H,10H2,1-2H3. The number of sulfonamides is 1. The highest BCUT2D eigenvalue weighted by Gasteiger charge is 2.22. The molecule has 0 saturated heterocycles. The van der Waals surface area contributed by atoms with Crippen LogP contribution in [0.15, 0.2) is 51.8 Å². The van der Waals surface area contributed by atoms with E-state index in [1.807, 2.05) is 4.90 Å². The zero-order valence-corrected chi connectivity index (χ0v) is 16.3. The van der Waals surface area contributed by atoms with Gasteiger partial charge in [-0.25, -0.2) is 17.5 Å². The molecule has 0 radical (unpaired) electrons. The average Bonchev–Trinajstić information content (AvgIpc) is 2.46. The first-order valence-electron chi connectivity index (χ1n) is 7.07. The Balaban J connectivity index is 2.22. The van der Waals surface area contributed by atoms with E-state index >= 15 is 0 Å². The van der Waals surface area contributed by atoms with E-state index in [4.69, 9.17) is 11.6 Å². The van der Waals surface area contributed by atoms with Gasteiger partial charge in [-0.1, -0.05) is 39.7 Å². The molecule has 0 amide bonds. The fourth-order valence-electron chi connectivity index (χ4n) is 2.27. The van der Waals surface area contributed by atoms with Gasteiger partial charge in [0.15, 0.2) is 0 Å². The third-order valence-corrected chi connectivity index (χ3v) is 5.91. The SMILES string of the molecule is CN(C)C(CNS(=O)(=O)c1ccc(Br)cc1Cl)c1cccc(F)c1. The van der Waals surface area contributed by atoms with Crippen molar-refractivity contribution in [2.75, 3.05) is 20.6 Å².